The third kappa shape index (κ3) is 4.58. The van der Waals surface area contributed by atoms with Gasteiger partial charge in [-0.1, -0.05) is 25.2 Å². The molecular formula is C19H25O3Si2. The van der Waals surface area contributed by atoms with Gasteiger partial charge in [0.1, 0.15) is 11.5 Å². The van der Waals surface area contributed by atoms with Crippen LogP contribution in [-0.4, -0.2) is 30.0 Å². The molecule has 0 fully saturated rings. The fraction of sp³-hybridized carbons (Fsp3) is 0.316. The molecule has 0 saturated carbocycles. The predicted octanol–water partition coefficient (Wildman–Crippen LogP) is 4.10. The Bertz CT molecular complexity index is 734. The number of rotatable bonds is 6. The van der Waals surface area contributed by atoms with Crippen LogP contribution in [0, 0.1) is 0 Å². The molecule has 0 aliphatic carbocycles. The van der Waals surface area contributed by atoms with Crippen molar-refractivity contribution in [2.75, 3.05) is 7.11 Å². The second-order valence-corrected chi connectivity index (χ2v) is 14.0. The van der Waals surface area contributed by atoms with Crippen LogP contribution < -0.4 is 14.3 Å². The van der Waals surface area contributed by atoms with Crippen molar-refractivity contribution in [2.24, 2.45) is 0 Å². The van der Waals surface area contributed by atoms with E-state index in [0.717, 1.165) is 22.2 Å². The fourth-order valence-corrected chi connectivity index (χ4v) is 4.47. The van der Waals surface area contributed by atoms with Crippen molar-refractivity contribution in [1.29, 1.82) is 0 Å². The summed E-state index contributed by atoms with van der Waals surface area (Å²) in [6, 6.07) is 13.2. The maximum absolute atomic E-state index is 13.0. The number of ether oxygens (including phenoxy) is 1. The second kappa shape index (κ2) is 7.36. The van der Waals surface area contributed by atoms with Crippen molar-refractivity contribution in [1.82, 2.24) is 0 Å². The SMILES string of the molecule is COc1ccc(C(=O)c2cccc(O[Si](C)(C)C)c2)c([Si](C)C)c1. The third-order valence-corrected chi connectivity index (χ3v) is 5.87. The van der Waals surface area contributed by atoms with Gasteiger partial charge in [0, 0.05) is 11.1 Å². The quantitative estimate of drug-likeness (QED) is 0.577. The Morgan fingerprint density at radius 1 is 1.00 bits per heavy atom. The molecule has 1 radical (unpaired) electrons. The Labute approximate surface area is 147 Å². The summed E-state index contributed by atoms with van der Waals surface area (Å²) in [5.74, 6) is 1.61. The molecule has 0 bridgehead atoms. The molecule has 0 aliphatic heterocycles. The Kier molecular flexibility index (Phi) is 5.67. The molecule has 24 heavy (non-hydrogen) atoms. The van der Waals surface area contributed by atoms with E-state index >= 15 is 0 Å². The van der Waals surface area contributed by atoms with Gasteiger partial charge in [-0.2, -0.15) is 0 Å². The lowest BCUT2D eigenvalue weighted by Gasteiger charge is -2.19. The van der Waals surface area contributed by atoms with Crippen LogP contribution in [0.3, 0.4) is 0 Å². The summed E-state index contributed by atoms with van der Waals surface area (Å²) >= 11 is 0. The highest BCUT2D eigenvalue weighted by molar-refractivity contribution is 6.72. The van der Waals surface area contributed by atoms with Crippen molar-refractivity contribution >= 4 is 28.1 Å². The van der Waals surface area contributed by atoms with Crippen LogP contribution in [0.4, 0.5) is 0 Å². The summed E-state index contributed by atoms with van der Waals surface area (Å²) in [4.78, 5) is 13.0. The lowest BCUT2D eigenvalue weighted by atomic mass is 10.0. The summed E-state index contributed by atoms with van der Waals surface area (Å²) in [5.41, 5.74) is 1.43. The van der Waals surface area contributed by atoms with Gasteiger partial charge in [-0.15, -0.1) is 0 Å². The second-order valence-electron chi connectivity index (χ2n) is 6.98. The average Bonchev–Trinajstić information content (AvgIpc) is 2.52. The first-order valence-corrected chi connectivity index (χ1v) is 13.9. The van der Waals surface area contributed by atoms with E-state index in [1.54, 1.807) is 7.11 Å². The number of hydrogen-bond acceptors (Lipinski definition) is 3. The Hall–Kier alpha value is -1.86. The van der Waals surface area contributed by atoms with E-state index in [0.29, 0.717) is 5.56 Å². The molecule has 0 spiro atoms. The maximum Gasteiger partial charge on any atom is 0.242 e. The standard InChI is InChI=1S/C19H25O3Si2/c1-21-15-10-11-17(18(13-15)23(2)3)19(20)14-8-7-9-16(12-14)22-24(4,5)6/h7-13H,1-6H3. The molecule has 0 heterocycles. The summed E-state index contributed by atoms with van der Waals surface area (Å²) in [7, 11) is -0.840. The molecular weight excluding hydrogens is 332 g/mol. The van der Waals surface area contributed by atoms with Gasteiger partial charge < -0.3 is 9.16 Å². The lowest BCUT2D eigenvalue weighted by molar-refractivity contribution is 0.103. The van der Waals surface area contributed by atoms with Crippen LogP contribution in [0.15, 0.2) is 42.5 Å². The lowest BCUT2D eigenvalue weighted by Crippen LogP contribution is -2.30. The van der Waals surface area contributed by atoms with Gasteiger partial charge in [-0.25, -0.2) is 0 Å². The van der Waals surface area contributed by atoms with Crippen molar-refractivity contribution in [3.63, 3.8) is 0 Å². The number of hydrogen-bond donors (Lipinski definition) is 0. The van der Waals surface area contributed by atoms with Crippen LogP contribution in [0.2, 0.25) is 32.7 Å². The van der Waals surface area contributed by atoms with Crippen LogP contribution in [0.1, 0.15) is 15.9 Å². The van der Waals surface area contributed by atoms with Crippen molar-refractivity contribution in [2.45, 2.75) is 32.7 Å². The molecule has 5 heteroatoms. The Balaban J connectivity index is 2.40. The number of ketones is 1. The molecule has 2 aromatic rings. The zero-order valence-corrected chi connectivity index (χ0v) is 17.3. The monoisotopic (exact) mass is 357 g/mol. The highest BCUT2D eigenvalue weighted by atomic mass is 28.4. The molecule has 2 rings (SSSR count). The zero-order chi connectivity index (χ0) is 17.9. The van der Waals surface area contributed by atoms with Gasteiger partial charge in [0.25, 0.3) is 0 Å². The number of carbonyl (C=O) groups excluding carboxylic acids is 1. The number of methoxy groups -OCH3 is 1. The van der Waals surface area contributed by atoms with E-state index in [1.807, 2.05) is 42.5 Å². The van der Waals surface area contributed by atoms with Crippen molar-refractivity contribution in [3.8, 4) is 11.5 Å². The topological polar surface area (TPSA) is 35.5 Å². The van der Waals surface area contributed by atoms with E-state index < -0.39 is 17.1 Å². The van der Waals surface area contributed by atoms with Gasteiger partial charge in [0.05, 0.1) is 15.9 Å². The normalized spacial score (nSPS) is 11.5. The number of benzene rings is 2. The highest BCUT2D eigenvalue weighted by Crippen LogP contribution is 2.21. The van der Waals surface area contributed by atoms with Crippen molar-refractivity contribution < 1.29 is 14.0 Å². The first-order chi connectivity index (χ1) is 11.2. The van der Waals surface area contributed by atoms with Gasteiger partial charge in [-0.3, -0.25) is 4.79 Å². The zero-order valence-electron chi connectivity index (χ0n) is 15.3. The summed E-state index contributed by atoms with van der Waals surface area (Å²) in [6.45, 7) is 10.8. The molecule has 0 atom stereocenters. The molecule has 0 unspecified atom stereocenters. The minimum atomic E-state index is -1.70. The minimum absolute atomic E-state index is 0.0416. The molecule has 0 aromatic heterocycles. The maximum atomic E-state index is 13.0. The van der Waals surface area contributed by atoms with E-state index in [9.17, 15) is 4.79 Å². The van der Waals surface area contributed by atoms with E-state index in [1.165, 1.54) is 0 Å². The van der Waals surface area contributed by atoms with Gasteiger partial charge in [-0.05, 0) is 55.2 Å². The first kappa shape index (κ1) is 18.5. The summed E-state index contributed by atoms with van der Waals surface area (Å²) in [6.07, 6.45) is 0. The molecule has 0 N–H and O–H groups in total. The molecule has 127 valence electrons. The largest absolute Gasteiger partial charge is 0.544 e. The molecule has 2 aromatic carbocycles. The minimum Gasteiger partial charge on any atom is -0.544 e. The Morgan fingerprint density at radius 2 is 1.71 bits per heavy atom. The van der Waals surface area contributed by atoms with Crippen LogP contribution in [0.25, 0.3) is 0 Å². The predicted molar refractivity (Wildman–Crippen MR) is 104 cm³/mol. The van der Waals surface area contributed by atoms with Crippen LogP contribution in [0.5, 0.6) is 11.5 Å². The average molecular weight is 358 g/mol. The number of carbonyl (C=O) groups is 1. The smallest absolute Gasteiger partial charge is 0.242 e. The van der Waals surface area contributed by atoms with E-state index in [2.05, 4.69) is 32.7 Å². The summed E-state index contributed by atoms with van der Waals surface area (Å²) in [5, 5.41) is 1.10. The fourth-order valence-electron chi connectivity index (χ4n) is 2.47. The van der Waals surface area contributed by atoms with Gasteiger partial charge in [0.2, 0.25) is 8.32 Å². The van der Waals surface area contributed by atoms with Crippen molar-refractivity contribution in [3.05, 3.63) is 53.6 Å². The van der Waals surface area contributed by atoms with Crippen LogP contribution in [-0.2, 0) is 0 Å². The van der Waals surface area contributed by atoms with Gasteiger partial charge >= 0.3 is 0 Å². The molecule has 0 amide bonds. The van der Waals surface area contributed by atoms with E-state index in [4.69, 9.17) is 9.16 Å². The van der Waals surface area contributed by atoms with E-state index in [-0.39, 0.29) is 5.78 Å². The Morgan fingerprint density at radius 3 is 2.29 bits per heavy atom. The molecule has 3 nitrogen and oxygen atoms in total. The van der Waals surface area contributed by atoms with Gasteiger partial charge in [0.15, 0.2) is 5.78 Å². The van der Waals surface area contributed by atoms with Crippen LogP contribution >= 0.6 is 0 Å². The first-order valence-electron chi connectivity index (χ1n) is 8.03. The highest BCUT2D eigenvalue weighted by Gasteiger charge is 2.20. The molecule has 0 aliphatic rings. The molecule has 0 saturated heterocycles. The third-order valence-electron chi connectivity index (χ3n) is 3.53. The summed E-state index contributed by atoms with van der Waals surface area (Å²) < 4.78 is 11.3.